The molecular formula is C22H28O10. The van der Waals surface area contributed by atoms with E-state index in [2.05, 4.69) is 0 Å². The molecule has 0 radical (unpaired) electrons. The molecule has 0 unspecified atom stereocenters. The molecule has 32 heavy (non-hydrogen) atoms. The lowest BCUT2D eigenvalue weighted by Gasteiger charge is -2.52. The molecule has 1 aromatic rings. The Morgan fingerprint density at radius 2 is 1.56 bits per heavy atom. The minimum absolute atomic E-state index is 0.0195. The molecule has 1 aliphatic heterocycles. The van der Waals surface area contributed by atoms with Gasteiger partial charge in [-0.2, -0.15) is 0 Å². The van der Waals surface area contributed by atoms with Gasteiger partial charge in [-0.25, -0.2) is 0 Å². The summed E-state index contributed by atoms with van der Waals surface area (Å²) in [5, 5.41) is 0. The molecule has 4 atom stereocenters. The number of carbonyl (C=O) groups is 4. The van der Waals surface area contributed by atoms with Gasteiger partial charge in [-0.3, -0.25) is 19.2 Å². The van der Waals surface area contributed by atoms with E-state index < -0.39 is 47.7 Å². The van der Waals surface area contributed by atoms with E-state index in [1.54, 1.807) is 24.3 Å². The maximum absolute atomic E-state index is 12.1. The van der Waals surface area contributed by atoms with Crippen LogP contribution >= 0.6 is 0 Å². The predicted molar refractivity (Wildman–Crippen MR) is 108 cm³/mol. The van der Waals surface area contributed by atoms with Crippen LogP contribution in [-0.2, 0) is 54.2 Å². The lowest BCUT2D eigenvalue weighted by atomic mass is 9.87. The summed E-state index contributed by atoms with van der Waals surface area (Å²) in [5.74, 6) is -5.07. The Morgan fingerprint density at radius 3 is 2.09 bits per heavy atom. The van der Waals surface area contributed by atoms with Crippen LogP contribution in [0.2, 0.25) is 0 Å². The first kappa shape index (κ1) is 25.3. The van der Waals surface area contributed by atoms with E-state index in [0.717, 1.165) is 13.8 Å². The van der Waals surface area contributed by atoms with Crippen LogP contribution in [0.5, 0.6) is 0 Å². The van der Waals surface area contributed by atoms with Crippen LogP contribution in [0.4, 0.5) is 0 Å². The van der Waals surface area contributed by atoms with E-state index >= 15 is 0 Å². The Bertz CT molecular complexity index is 838. The fourth-order valence-electron chi connectivity index (χ4n) is 3.42. The van der Waals surface area contributed by atoms with Gasteiger partial charge in [0.15, 0.2) is 6.10 Å². The molecule has 2 rings (SSSR count). The van der Waals surface area contributed by atoms with E-state index in [1.165, 1.54) is 20.8 Å². The van der Waals surface area contributed by atoms with Gasteiger partial charge in [-0.05, 0) is 12.5 Å². The summed E-state index contributed by atoms with van der Waals surface area (Å²) in [6.45, 7) is 5.74. The van der Waals surface area contributed by atoms with Crippen LogP contribution in [0.15, 0.2) is 30.3 Å². The molecule has 0 bridgehead atoms. The highest BCUT2D eigenvalue weighted by Crippen LogP contribution is 2.45. The maximum Gasteiger partial charge on any atom is 0.375 e. The number of esters is 4. The Labute approximate surface area is 186 Å². The van der Waals surface area contributed by atoms with Crippen molar-refractivity contribution in [3.05, 3.63) is 35.9 Å². The monoisotopic (exact) mass is 452 g/mol. The van der Waals surface area contributed by atoms with Crippen molar-refractivity contribution >= 4 is 23.9 Å². The van der Waals surface area contributed by atoms with E-state index in [1.807, 2.05) is 6.07 Å². The fraction of sp³-hybridized carbons (Fsp3) is 0.545. The third-order valence-electron chi connectivity index (χ3n) is 4.71. The highest BCUT2D eigenvalue weighted by atomic mass is 16.9. The largest absolute Gasteiger partial charge is 0.463 e. The Hall–Kier alpha value is -2.98. The predicted octanol–water partition coefficient (Wildman–Crippen LogP) is 2.03. The van der Waals surface area contributed by atoms with Crippen LogP contribution in [0.25, 0.3) is 0 Å². The minimum atomic E-state index is -2.30. The van der Waals surface area contributed by atoms with E-state index in [4.69, 9.17) is 28.4 Å². The molecule has 1 aliphatic rings. The first-order valence-corrected chi connectivity index (χ1v) is 10.0. The molecule has 176 valence electrons. The number of rotatable bonds is 8. The molecular weight excluding hydrogens is 424 g/mol. The molecule has 1 aromatic carbocycles. The minimum Gasteiger partial charge on any atom is -0.463 e. The summed E-state index contributed by atoms with van der Waals surface area (Å²) < 4.78 is 33.4. The van der Waals surface area contributed by atoms with Crippen LogP contribution in [0, 0.1) is 0 Å². The van der Waals surface area contributed by atoms with Gasteiger partial charge in [0.05, 0.1) is 6.61 Å². The summed E-state index contributed by atoms with van der Waals surface area (Å²) in [6, 6.07) is 8.93. The molecule has 10 heteroatoms. The first-order valence-electron chi connectivity index (χ1n) is 10.0. The zero-order valence-electron chi connectivity index (χ0n) is 18.7. The number of ether oxygens (including phenoxy) is 6. The summed E-state index contributed by atoms with van der Waals surface area (Å²) in [4.78, 5) is 47.2. The van der Waals surface area contributed by atoms with E-state index in [-0.39, 0.29) is 19.6 Å². The summed E-state index contributed by atoms with van der Waals surface area (Å²) in [7, 11) is 0. The molecule has 0 N–H and O–H groups in total. The lowest BCUT2D eigenvalue weighted by molar-refractivity contribution is -0.465. The molecule has 1 fully saturated rings. The zero-order valence-corrected chi connectivity index (χ0v) is 18.7. The third kappa shape index (κ3) is 6.27. The average Bonchev–Trinajstić information content (AvgIpc) is 2.68. The van der Waals surface area contributed by atoms with E-state index in [0.29, 0.717) is 5.56 Å². The highest BCUT2D eigenvalue weighted by molar-refractivity contribution is 5.69. The van der Waals surface area contributed by atoms with Crippen molar-refractivity contribution in [3.63, 3.8) is 0 Å². The molecule has 0 saturated carbocycles. The molecule has 1 saturated heterocycles. The molecule has 1 heterocycles. The summed E-state index contributed by atoms with van der Waals surface area (Å²) >= 11 is 0. The van der Waals surface area contributed by atoms with Crippen molar-refractivity contribution < 1.29 is 47.6 Å². The van der Waals surface area contributed by atoms with Crippen LogP contribution in [0.1, 0.15) is 46.6 Å². The second-order valence-electron chi connectivity index (χ2n) is 7.50. The molecule has 0 spiro atoms. The second-order valence-corrected chi connectivity index (χ2v) is 7.50. The zero-order chi connectivity index (χ0) is 23.9. The Morgan fingerprint density at radius 1 is 0.938 bits per heavy atom. The van der Waals surface area contributed by atoms with E-state index in [9.17, 15) is 19.2 Å². The van der Waals surface area contributed by atoms with Gasteiger partial charge in [0.1, 0.15) is 12.7 Å². The molecule has 10 nitrogen and oxygen atoms in total. The molecule has 0 amide bonds. The van der Waals surface area contributed by atoms with Crippen molar-refractivity contribution in [3.8, 4) is 0 Å². The summed E-state index contributed by atoms with van der Waals surface area (Å²) in [6.07, 6.45) is -2.07. The fourth-order valence-corrected chi connectivity index (χ4v) is 3.42. The highest BCUT2D eigenvalue weighted by Gasteiger charge is 2.67. The van der Waals surface area contributed by atoms with Gasteiger partial charge in [0.2, 0.25) is 5.60 Å². The molecule has 0 aromatic heterocycles. The van der Waals surface area contributed by atoms with Gasteiger partial charge in [-0.15, -0.1) is 0 Å². The summed E-state index contributed by atoms with van der Waals surface area (Å²) in [5.41, 5.74) is -1.17. The van der Waals surface area contributed by atoms with Gasteiger partial charge in [-0.1, -0.05) is 30.3 Å². The number of carbonyl (C=O) groups excluding carboxylic acids is 4. The van der Waals surface area contributed by atoms with Crippen molar-refractivity contribution in [2.45, 2.75) is 71.4 Å². The normalized spacial score (nSPS) is 27.2. The van der Waals surface area contributed by atoms with Crippen LogP contribution in [-0.4, -0.2) is 54.3 Å². The van der Waals surface area contributed by atoms with Crippen LogP contribution in [0.3, 0.4) is 0 Å². The van der Waals surface area contributed by atoms with Gasteiger partial charge < -0.3 is 28.4 Å². The smallest absolute Gasteiger partial charge is 0.375 e. The van der Waals surface area contributed by atoms with Gasteiger partial charge in [0, 0.05) is 34.1 Å². The number of hydrogen-bond donors (Lipinski definition) is 0. The Balaban J connectivity index is 2.53. The van der Waals surface area contributed by atoms with Crippen molar-refractivity contribution in [1.82, 2.24) is 0 Å². The Kier molecular flexibility index (Phi) is 8.34. The molecule has 0 aliphatic carbocycles. The van der Waals surface area contributed by atoms with Crippen molar-refractivity contribution in [1.29, 1.82) is 0 Å². The van der Waals surface area contributed by atoms with Gasteiger partial charge in [0.25, 0.3) is 0 Å². The first-order chi connectivity index (χ1) is 15.0. The number of benzene rings is 1. The maximum atomic E-state index is 12.1. The van der Waals surface area contributed by atoms with Crippen LogP contribution < -0.4 is 0 Å². The lowest BCUT2D eigenvalue weighted by Crippen LogP contribution is -2.71. The SMILES string of the molecule is CC(=O)OC[C@H]1C[C@H](OC(C)=O)[C@](C)(OC(C)=O)[C@@](OCc2ccccc2)(OC(C)=O)O1. The number of hydrogen-bond acceptors (Lipinski definition) is 10. The van der Waals surface area contributed by atoms with Crippen molar-refractivity contribution in [2.75, 3.05) is 6.61 Å². The third-order valence-corrected chi connectivity index (χ3v) is 4.71. The van der Waals surface area contributed by atoms with Crippen molar-refractivity contribution in [2.24, 2.45) is 0 Å². The second kappa shape index (κ2) is 10.6. The van der Waals surface area contributed by atoms with Gasteiger partial charge >= 0.3 is 29.9 Å². The average molecular weight is 452 g/mol. The quantitative estimate of drug-likeness (QED) is 0.329. The standard InChI is InChI=1S/C22H28O10/c1-14(23)27-13-19-11-20(29-15(2)24)21(5,30-16(3)25)22(32-19,31-17(4)26)28-12-18-9-7-6-8-10-18/h6-10,19-20H,11-13H2,1-5H3/t19-,20+,21+,22-/m1/s1. The topological polar surface area (TPSA) is 124 Å².